The zero-order valence-corrected chi connectivity index (χ0v) is 10.1. The molecule has 92 valence electrons. The van der Waals surface area contributed by atoms with E-state index in [4.69, 9.17) is 9.47 Å². The van der Waals surface area contributed by atoms with E-state index in [0.717, 1.165) is 25.9 Å². The van der Waals surface area contributed by atoms with E-state index >= 15 is 0 Å². The van der Waals surface area contributed by atoms with Crippen LogP contribution in [0.1, 0.15) is 26.2 Å². The Labute approximate surface area is 96.9 Å². The van der Waals surface area contributed by atoms with Crippen molar-refractivity contribution in [3.8, 4) is 0 Å². The summed E-state index contributed by atoms with van der Waals surface area (Å²) in [7, 11) is 1.63. The number of piperidine rings is 1. The van der Waals surface area contributed by atoms with Gasteiger partial charge < -0.3 is 14.4 Å². The second-order valence-electron chi connectivity index (χ2n) is 4.85. The Morgan fingerprint density at radius 2 is 2.38 bits per heavy atom. The first-order valence-corrected chi connectivity index (χ1v) is 6.13. The fourth-order valence-electron chi connectivity index (χ4n) is 2.77. The van der Waals surface area contributed by atoms with Crippen molar-refractivity contribution in [3.05, 3.63) is 0 Å². The molecule has 2 fully saturated rings. The minimum atomic E-state index is 0.222. The van der Waals surface area contributed by atoms with Crippen LogP contribution >= 0.6 is 0 Å². The van der Waals surface area contributed by atoms with Crippen molar-refractivity contribution in [2.45, 2.75) is 38.4 Å². The second kappa shape index (κ2) is 5.15. The van der Waals surface area contributed by atoms with Crippen LogP contribution in [0.15, 0.2) is 0 Å². The molecule has 4 nitrogen and oxygen atoms in total. The number of rotatable bonds is 3. The van der Waals surface area contributed by atoms with Crippen molar-refractivity contribution in [2.24, 2.45) is 5.92 Å². The third-order valence-electron chi connectivity index (χ3n) is 3.58. The molecule has 1 amide bonds. The lowest BCUT2D eigenvalue weighted by Crippen LogP contribution is -2.44. The van der Waals surface area contributed by atoms with Crippen LogP contribution in [0.3, 0.4) is 0 Å². The van der Waals surface area contributed by atoms with E-state index in [1.807, 2.05) is 4.90 Å². The van der Waals surface area contributed by atoms with Gasteiger partial charge in [0.05, 0.1) is 25.2 Å². The van der Waals surface area contributed by atoms with Crippen LogP contribution < -0.4 is 0 Å². The van der Waals surface area contributed by atoms with Gasteiger partial charge in [0.15, 0.2) is 0 Å². The summed E-state index contributed by atoms with van der Waals surface area (Å²) in [6.45, 7) is 4.36. The molecule has 0 unspecified atom stereocenters. The fourth-order valence-corrected chi connectivity index (χ4v) is 2.77. The van der Waals surface area contributed by atoms with E-state index in [-0.39, 0.29) is 5.91 Å². The SMILES string of the molecule is COCCC(=O)N1CC[C@H]2O[C@H](C)C[C@@H]2C1. The third kappa shape index (κ3) is 2.55. The molecule has 3 atom stereocenters. The molecule has 0 bridgehead atoms. The highest BCUT2D eigenvalue weighted by atomic mass is 16.5. The van der Waals surface area contributed by atoms with Crippen LogP contribution in [0.5, 0.6) is 0 Å². The second-order valence-corrected chi connectivity index (χ2v) is 4.85. The Hall–Kier alpha value is -0.610. The molecule has 2 saturated heterocycles. The van der Waals surface area contributed by atoms with Crippen molar-refractivity contribution in [1.29, 1.82) is 0 Å². The van der Waals surface area contributed by atoms with Gasteiger partial charge in [0.25, 0.3) is 0 Å². The maximum absolute atomic E-state index is 11.8. The topological polar surface area (TPSA) is 38.8 Å². The van der Waals surface area contributed by atoms with E-state index in [9.17, 15) is 4.79 Å². The predicted molar refractivity (Wildman–Crippen MR) is 60.1 cm³/mol. The van der Waals surface area contributed by atoms with Gasteiger partial charge in [-0.15, -0.1) is 0 Å². The minimum Gasteiger partial charge on any atom is -0.384 e. The molecule has 2 aliphatic rings. The Kier molecular flexibility index (Phi) is 3.82. The zero-order chi connectivity index (χ0) is 11.5. The van der Waals surface area contributed by atoms with Gasteiger partial charge in [-0.3, -0.25) is 4.79 Å². The molecular weight excluding hydrogens is 206 g/mol. The average Bonchev–Trinajstić information content (AvgIpc) is 2.64. The van der Waals surface area contributed by atoms with Crippen molar-refractivity contribution >= 4 is 5.91 Å². The predicted octanol–water partition coefficient (Wildman–Crippen LogP) is 1.05. The van der Waals surface area contributed by atoms with Crippen molar-refractivity contribution < 1.29 is 14.3 Å². The van der Waals surface area contributed by atoms with Crippen LogP contribution in [0, 0.1) is 5.92 Å². The number of hydrogen-bond acceptors (Lipinski definition) is 3. The van der Waals surface area contributed by atoms with Crippen LogP contribution in [0.25, 0.3) is 0 Å². The first kappa shape index (κ1) is 11.9. The Morgan fingerprint density at radius 3 is 3.12 bits per heavy atom. The molecule has 2 heterocycles. The largest absolute Gasteiger partial charge is 0.384 e. The molecule has 0 N–H and O–H groups in total. The van der Waals surface area contributed by atoms with Gasteiger partial charge in [0.1, 0.15) is 0 Å². The maximum Gasteiger partial charge on any atom is 0.224 e. The van der Waals surface area contributed by atoms with E-state index in [1.54, 1.807) is 7.11 Å². The van der Waals surface area contributed by atoms with Crippen LogP contribution in [0.4, 0.5) is 0 Å². The molecule has 2 aliphatic heterocycles. The van der Waals surface area contributed by atoms with Crippen LogP contribution in [0.2, 0.25) is 0 Å². The molecule has 16 heavy (non-hydrogen) atoms. The number of fused-ring (bicyclic) bond motifs is 1. The summed E-state index contributed by atoms with van der Waals surface area (Å²) >= 11 is 0. The first-order chi connectivity index (χ1) is 7.70. The molecular formula is C12H21NO3. The van der Waals surface area contributed by atoms with Gasteiger partial charge in [-0.2, -0.15) is 0 Å². The number of carbonyl (C=O) groups excluding carboxylic acids is 1. The van der Waals surface area contributed by atoms with E-state index in [1.165, 1.54) is 0 Å². The van der Waals surface area contributed by atoms with Gasteiger partial charge in [-0.1, -0.05) is 0 Å². The highest BCUT2D eigenvalue weighted by molar-refractivity contribution is 5.76. The van der Waals surface area contributed by atoms with Crippen molar-refractivity contribution in [1.82, 2.24) is 4.90 Å². The molecule has 2 rings (SSSR count). The van der Waals surface area contributed by atoms with Gasteiger partial charge >= 0.3 is 0 Å². The van der Waals surface area contributed by atoms with Gasteiger partial charge in [-0.05, 0) is 19.8 Å². The molecule has 0 aromatic rings. The average molecular weight is 227 g/mol. The number of hydrogen-bond donors (Lipinski definition) is 0. The molecule has 0 radical (unpaired) electrons. The van der Waals surface area contributed by atoms with Crippen molar-refractivity contribution in [3.63, 3.8) is 0 Å². The summed E-state index contributed by atoms with van der Waals surface area (Å²) in [6.07, 6.45) is 3.35. The summed E-state index contributed by atoms with van der Waals surface area (Å²) in [5.41, 5.74) is 0. The van der Waals surface area contributed by atoms with E-state index < -0.39 is 0 Å². The van der Waals surface area contributed by atoms with Crippen LogP contribution in [-0.2, 0) is 14.3 Å². The minimum absolute atomic E-state index is 0.222. The Balaban J connectivity index is 1.83. The Morgan fingerprint density at radius 1 is 1.56 bits per heavy atom. The van der Waals surface area contributed by atoms with Gasteiger partial charge in [0.2, 0.25) is 5.91 Å². The summed E-state index contributed by atoms with van der Waals surface area (Å²) in [6, 6.07) is 0. The molecule has 0 aromatic heterocycles. The summed E-state index contributed by atoms with van der Waals surface area (Å²) in [5, 5.41) is 0. The monoisotopic (exact) mass is 227 g/mol. The molecule has 0 spiro atoms. The quantitative estimate of drug-likeness (QED) is 0.723. The highest BCUT2D eigenvalue weighted by Crippen LogP contribution is 2.32. The zero-order valence-electron chi connectivity index (χ0n) is 10.1. The van der Waals surface area contributed by atoms with Gasteiger partial charge in [-0.25, -0.2) is 0 Å². The summed E-state index contributed by atoms with van der Waals surface area (Å²) in [5.74, 6) is 0.773. The summed E-state index contributed by atoms with van der Waals surface area (Å²) in [4.78, 5) is 13.8. The molecule has 0 aliphatic carbocycles. The normalized spacial score (nSPS) is 33.9. The lowest BCUT2D eigenvalue weighted by molar-refractivity contribution is -0.135. The molecule has 0 saturated carbocycles. The number of ether oxygens (including phenoxy) is 2. The highest BCUT2D eigenvalue weighted by Gasteiger charge is 2.38. The number of likely N-dealkylation sites (tertiary alicyclic amines) is 1. The van der Waals surface area contributed by atoms with Crippen molar-refractivity contribution in [2.75, 3.05) is 26.8 Å². The maximum atomic E-state index is 11.8. The number of amides is 1. The standard InChI is InChI=1S/C12H21NO3/c1-9-7-10-8-13(5-3-11(10)16-9)12(14)4-6-15-2/h9-11H,3-8H2,1-2H3/t9-,10-,11-/m1/s1. The third-order valence-corrected chi connectivity index (χ3v) is 3.58. The fraction of sp³-hybridized carbons (Fsp3) is 0.917. The summed E-state index contributed by atoms with van der Waals surface area (Å²) < 4.78 is 10.7. The number of nitrogens with zero attached hydrogens (tertiary/aromatic N) is 1. The van der Waals surface area contributed by atoms with Crippen LogP contribution in [-0.4, -0.2) is 49.8 Å². The van der Waals surface area contributed by atoms with Gasteiger partial charge in [0, 0.05) is 26.1 Å². The molecule has 0 aromatic carbocycles. The lowest BCUT2D eigenvalue weighted by atomic mass is 9.93. The smallest absolute Gasteiger partial charge is 0.224 e. The first-order valence-electron chi connectivity index (χ1n) is 6.13. The van der Waals surface area contributed by atoms with E-state index in [2.05, 4.69) is 6.92 Å². The number of methoxy groups -OCH3 is 1. The lowest BCUT2D eigenvalue weighted by Gasteiger charge is -2.34. The molecule has 4 heteroatoms. The van der Waals surface area contributed by atoms with E-state index in [0.29, 0.717) is 31.2 Å². The number of carbonyl (C=O) groups is 1. The Bertz CT molecular complexity index is 257.